The second-order valence-electron chi connectivity index (χ2n) is 3.55. The van der Waals surface area contributed by atoms with E-state index in [4.69, 9.17) is 16.7 Å². The van der Waals surface area contributed by atoms with E-state index in [1.54, 1.807) is 31.2 Å². The van der Waals surface area contributed by atoms with Crippen LogP contribution in [0, 0.1) is 0 Å². The maximum absolute atomic E-state index is 11.4. The van der Waals surface area contributed by atoms with E-state index in [2.05, 4.69) is 4.72 Å². The van der Waals surface area contributed by atoms with E-state index in [1.165, 1.54) is 0 Å². The fraction of sp³-hybridized carbons (Fsp3) is 0.300. The molecule has 1 atom stereocenters. The Hall–Kier alpha value is -1.11. The van der Waals surface area contributed by atoms with Crippen LogP contribution in [0.15, 0.2) is 24.3 Å². The number of halogens is 1. The monoisotopic (exact) mass is 277 g/mol. The van der Waals surface area contributed by atoms with Gasteiger partial charge in [-0.25, -0.2) is 13.1 Å². The van der Waals surface area contributed by atoms with Crippen LogP contribution in [0.1, 0.15) is 18.5 Å². The Morgan fingerprint density at radius 3 is 2.71 bits per heavy atom. The molecule has 0 saturated heterocycles. The smallest absolute Gasteiger partial charge is 0.320 e. The van der Waals surface area contributed by atoms with Crippen molar-refractivity contribution in [2.45, 2.75) is 13.0 Å². The van der Waals surface area contributed by atoms with Crippen LogP contribution in [0.5, 0.6) is 0 Å². The number of nitrogens with one attached hydrogen (secondary N) is 1. The molecule has 0 aliphatic rings. The average Bonchev–Trinajstić information content (AvgIpc) is 2.14. The quantitative estimate of drug-likeness (QED) is 0.852. The summed E-state index contributed by atoms with van der Waals surface area (Å²) in [5.41, 5.74) is 0.673. The molecule has 2 N–H and O–H groups in total. The highest BCUT2D eigenvalue weighted by molar-refractivity contribution is 7.90. The Balaban J connectivity index is 2.79. The first-order chi connectivity index (χ1) is 7.80. The van der Waals surface area contributed by atoms with Crippen molar-refractivity contribution in [2.24, 2.45) is 0 Å². The summed E-state index contributed by atoms with van der Waals surface area (Å²) in [6.07, 6.45) is 0. The van der Waals surface area contributed by atoms with E-state index in [9.17, 15) is 13.2 Å². The second kappa shape index (κ2) is 5.48. The highest BCUT2D eigenvalue weighted by atomic mass is 35.5. The van der Waals surface area contributed by atoms with Crippen molar-refractivity contribution in [1.29, 1.82) is 0 Å². The minimum Gasteiger partial charge on any atom is -0.480 e. The Labute approximate surface area is 104 Å². The van der Waals surface area contributed by atoms with Crippen LogP contribution >= 0.6 is 11.6 Å². The molecule has 1 aromatic rings. The fourth-order valence-electron chi connectivity index (χ4n) is 1.32. The number of rotatable bonds is 5. The predicted molar refractivity (Wildman–Crippen MR) is 64.4 cm³/mol. The van der Waals surface area contributed by atoms with Gasteiger partial charge in [-0.15, -0.1) is 0 Å². The zero-order chi connectivity index (χ0) is 13.1. The number of hydrogen-bond donors (Lipinski definition) is 2. The second-order valence-corrected chi connectivity index (χ2v) is 5.74. The van der Waals surface area contributed by atoms with Gasteiger partial charge in [-0.2, -0.15) is 0 Å². The maximum atomic E-state index is 11.4. The van der Waals surface area contributed by atoms with Crippen molar-refractivity contribution in [3.05, 3.63) is 34.9 Å². The summed E-state index contributed by atoms with van der Waals surface area (Å²) in [6, 6.07) is 6.16. The van der Waals surface area contributed by atoms with Gasteiger partial charge in [0.2, 0.25) is 10.0 Å². The molecule has 0 fully saturated rings. The van der Waals surface area contributed by atoms with Crippen LogP contribution in [-0.2, 0) is 14.8 Å². The zero-order valence-electron chi connectivity index (χ0n) is 9.05. The summed E-state index contributed by atoms with van der Waals surface area (Å²) in [7, 11) is -3.83. The number of aliphatic carboxylic acids is 1. The van der Waals surface area contributed by atoms with Gasteiger partial charge >= 0.3 is 5.97 Å². The van der Waals surface area contributed by atoms with Crippen LogP contribution in [0.4, 0.5) is 0 Å². The van der Waals surface area contributed by atoms with Gasteiger partial charge in [0.05, 0.1) is 0 Å². The molecule has 0 heterocycles. The van der Waals surface area contributed by atoms with Crippen LogP contribution in [-0.4, -0.2) is 25.2 Å². The Bertz CT molecular complexity index is 515. The van der Waals surface area contributed by atoms with Crippen molar-refractivity contribution in [2.75, 3.05) is 5.75 Å². The van der Waals surface area contributed by atoms with Gasteiger partial charge in [-0.3, -0.25) is 4.79 Å². The van der Waals surface area contributed by atoms with Crippen molar-refractivity contribution >= 4 is 27.6 Å². The van der Waals surface area contributed by atoms with Gasteiger partial charge in [0.25, 0.3) is 0 Å². The maximum Gasteiger partial charge on any atom is 0.320 e. The molecule has 94 valence electrons. The molecule has 0 aromatic heterocycles. The molecule has 0 radical (unpaired) electrons. The predicted octanol–water partition coefficient (Wildman–Crippen LogP) is 1.40. The zero-order valence-corrected chi connectivity index (χ0v) is 10.6. The van der Waals surface area contributed by atoms with Crippen LogP contribution in [0.3, 0.4) is 0 Å². The third-order valence-electron chi connectivity index (χ3n) is 2.02. The molecule has 0 unspecified atom stereocenters. The third-order valence-corrected chi connectivity index (χ3v) is 3.59. The summed E-state index contributed by atoms with van der Waals surface area (Å²) in [4.78, 5) is 10.3. The van der Waals surface area contributed by atoms with Gasteiger partial charge < -0.3 is 5.11 Å². The lowest BCUT2D eigenvalue weighted by molar-refractivity contribution is -0.134. The molecule has 5 nitrogen and oxygen atoms in total. The molecule has 0 saturated carbocycles. The molecular weight excluding hydrogens is 266 g/mol. The molecule has 1 aromatic carbocycles. The first-order valence-corrected chi connectivity index (χ1v) is 6.80. The number of carboxylic acid groups (broad SMARTS) is 1. The molecule has 0 aliphatic carbocycles. The number of hydrogen-bond acceptors (Lipinski definition) is 3. The number of benzene rings is 1. The lowest BCUT2D eigenvalue weighted by atomic mass is 10.1. The molecule has 0 bridgehead atoms. The highest BCUT2D eigenvalue weighted by Gasteiger charge is 2.19. The normalized spacial score (nSPS) is 13.3. The van der Waals surface area contributed by atoms with Gasteiger partial charge in [0.15, 0.2) is 5.75 Å². The van der Waals surface area contributed by atoms with Crippen molar-refractivity contribution < 1.29 is 18.3 Å². The van der Waals surface area contributed by atoms with Gasteiger partial charge in [0, 0.05) is 11.1 Å². The van der Waals surface area contributed by atoms with Crippen LogP contribution in [0.2, 0.25) is 5.02 Å². The van der Waals surface area contributed by atoms with E-state index in [1.807, 2.05) is 0 Å². The van der Waals surface area contributed by atoms with Gasteiger partial charge in [0.1, 0.15) is 0 Å². The van der Waals surface area contributed by atoms with E-state index >= 15 is 0 Å². The van der Waals surface area contributed by atoms with Gasteiger partial charge in [-0.1, -0.05) is 23.7 Å². The molecule has 0 spiro atoms. The standard InChI is InChI=1S/C10H12ClNO4S/c1-7(8-3-2-4-9(11)5-8)12-17(15,16)6-10(13)14/h2-5,7,12H,6H2,1H3,(H,13,14)/t7-/m1/s1. The van der Waals surface area contributed by atoms with E-state index in [-0.39, 0.29) is 0 Å². The van der Waals surface area contributed by atoms with Crippen molar-refractivity contribution in [3.63, 3.8) is 0 Å². The summed E-state index contributed by atoms with van der Waals surface area (Å²) >= 11 is 5.77. The Morgan fingerprint density at radius 2 is 2.18 bits per heavy atom. The topological polar surface area (TPSA) is 83.5 Å². The minimum atomic E-state index is -3.83. The molecule has 17 heavy (non-hydrogen) atoms. The molecule has 1 rings (SSSR count). The summed E-state index contributed by atoms with van der Waals surface area (Å²) in [5, 5.41) is 8.93. The van der Waals surface area contributed by atoms with Crippen LogP contribution < -0.4 is 4.72 Å². The SMILES string of the molecule is C[C@@H](NS(=O)(=O)CC(=O)O)c1cccc(Cl)c1. The Kier molecular flexibility index (Phi) is 4.50. The summed E-state index contributed by atoms with van der Waals surface area (Å²) in [6.45, 7) is 1.62. The van der Waals surface area contributed by atoms with Crippen molar-refractivity contribution in [3.8, 4) is 0 Å². The first-order valence-electron chi connectivity index (χ1n) is 4.77. The van der Waals surface area contributed by atoms with E-state index < -0.39 is 27.8 Å². The Morgan fingerprint density at radius 1 is 1.53 bits per heavy atom. The number of carbonyl (C=O) groups is 1. The molecule has 0 aliphatic heterocycles. The molecule has 7 heteroatoms. The minimum absolute atomic E-state index is 0.492. The lowest BCUT2D eigenvalue weighted by Crippen LogP contribution is -2.32. The number of carboxylic acids is 1. The first kappa shape index (κ1) is 14.0. The number of sulfonamides is 1. The lowest BCUT2D eigenvalue weighted by Gasteiger charge is -2.13. The fourth-order valence-corrected chi connectivity index (χ4v) is 2.60. The van der Waals surface area contributed by atoms with Gasteiger partial charge in [-0.05, 0) is 24.6 Å². The summed E-state index contributed by atoms with van der Waals surface area (Å²) < 4.78 is 25.0. The summed E-state index contributed by atoms with van der Waals surface area (Å²) in [5.74, 6) is -2.34. The van der Waals surface area contributed by atoms with E-state index in [0.29, 0.717) is 10.6 Å². The van der Waals surface area contributed by atoms with Crippen molar-refractivity contribution in [1.82, 2.24) is 4.72 Å². The molecule has 0 amide bonds. The average molecular weight is 278 g/mol. The largest absolute Gasteiger partial charge is 0.480 e. The molecular formula is C10H12ClNO4S. The van der Waals surface area contributed by atoms with E-state index in [0.717, 1.165) is 0 Å². The third kappa shape index (κ3) is 4.72. The highest BCUT2D eigenvalue weighted by Crippen LogP contribution is 2.17. The van der Waals surface area contributed by atoms with Crippen LogP contribution in [0.25, 0.3) is 0 Å².